The van der Waals surface area contributed by atoms with Crippen LogP contribution in [0.3, 0.4) is 0 Å². The standard InChI is InChI=1S/C18H19N3O5S/c1-3-26-18-15(5-4-10-19-18)27(24,25)20-17(23)13-6-8-14-12(11-13)7-9-16(22)21(14)2/h4-6,8,10-11H,3,7,9H2,1-2H3,(H,20,23). The van der Waals surface area contributed by atoms with Gasteiger partial charge in [-0.1, -0.05) is 0 Å². The summed E-state index contributed by atoms with van der Waals surface area (Å²) in [6, 6.07) is 7.51. The van der Waals surface area contributed by atoms with Crippen LogP contribution in [-0.4, -0.2) is 38.9 Å². The van der Waals surface area contributed by atoms with E-state index in [2.05, 4.69) is 4.98 Å². The minimum Gasteiger partial charge on any atom is -0.477 e. The summed E-state index contributed by atoms with van der Waals surface area (Å²) in [5.74, 6) is -0.822. The fourth-order valence-corrected chi connectivity index (χ4v) is 3.93. The molecule has 0 saturated carbocycles. The molecule has 1 aliphatic heterocycles. The van der Waals surface area contributed by atoms with E-state index in [0.29, 0.717) is 12.8 Å². The van der Waals surface area contributed by atoms with Crippen LogP contribution in [0.5, 0.6) is 5.88 Å². The van der Waals surface area contributed by atoms with E-state index in [1.165, 1.54) is 29.3 Å². The van der Waals surface area contributed by atoms with Gasteiger partial charge in [0.05, 0.1) is 6.61 Å². The van der Waals surface area contributed by atoms with Crippen LogP contribution in [0.15, 0.2) is 41.4 Å². The molecule has 1 aromatic carbocycles. The number of amides is 2. The van der Waals surface area contributed by atoms with Gasteiger partial charge in [-0.25, -0.2) is 18.1 Å². The molecular formula is C18H19N3O5S. The Balaban J connectivity index is 1.86. The van der Waals surface area contributed by atoms with Crippen molar-refractivity contribution in [3.8, 4) is 5.88 Å². The van der Waals surface area contributed by atoms with Crippen LogP contribution in [0.4, 0.5) is 5.69 Å². The Kier molecular flexibility index (Phi) is 5.13. The summed E-state index contributed by atoms with van der Waals surface area (Å²) in [4.78, 5) is 29.5. The van der Waals surface area contributed by atoms with Crippen LogP contribution in [-0.2, 0) is 21.2 Å². The number of anilines is 1. The molecule has 0 saturated heterocycles. The number of carbonyl (C=O) groups excluding carboxylic acids is 2. The highest BCUT2D eigenvalue weighted by Crippen LogP contribution is 2.28. The van der Waals surface area contributed by atoms with Crippen LogP contribution >= 0.6 is 0 Å². The van der Waals surface area contributed by atoms with Crippen LogP contribution in [0.1, 0.15) is 29.3 Å². The van der Waals surface area contributed by atoms with E-state index >= 15 is 0 Å². The fraction of sp³-hybridized carbons (Fsp3) is 0.278. The van der Waals surface area contributed by atoms with Crippen molar-refractivity contribution in [2.75, 3.05) is 18.6 Å². The van der Waals surface area contributed by atoms with Gasteiger partial charge in [0.2, 0.25) is 11.8 Å². The largest absolute Gasteiger partial charge is 0.477 e. The van der Waals surface area contributed by atoms with Gasteiger partial charge in [0, 0.05) is 30.9 Å². The monoisotopic (exact) mass is 389 g/mol. The zero-order valence-electron chi connectivity index (χ0n) is 14.9. The molecule has 0 atom stereocenters. The first-order valence-electron chi connectivity index (χ1n) is 8.38. The van der Waals surface area contributed by atoms with Crippen LogP contribution in [0.25, 0.3) is 0 Å². The molecule has 9 heteroatoms. The lowest BCUT2D eigenvalue weighted by atomic mass is 9.99. The molecular weight excluding hydrogens is 370 g/mol. The van der Waals surface area contributed by atoms with Gasteiger partial charge in [-0.15, -0.1) is 0 Å². The first kappa shape index (κ1) is 18.8. The summed E-state index contributed by atoms with van der Waals surface area (Å²) in [7, 11) is -2.48. The molecule has 3 rings (SSSR count). The van der Waals surface area contributed by atoms with E-state index in [4.69, 9.17) is 4.74 Å². The van der Waals surface area contributed by atoms with Gasteiger partial charge >= 0.3 is 0 Å². The lowest BCUT2D eigenvalue weighted by Crippen LogP contribution is -2.33. The first-order chi connectivity index (χ1) is 12.8. The summed E-state index contributed by atoms with van der Waals surface area (Å²) >= 11 is 0. The number of pyridine rings is 1. The van der Waals surface area contributed by atoms with Gasteiger partial charge in [0.15, 0.2) is 0 Å². The third-order valence-corrected chi connectivity index (χ3v) is 5.56. The molecule has 1 aromatic heterocycles. The predicted molar refractivity (Wildman–Crippen MR) is 98.2 cm³/mol. The van der Waals surface area contributed by atoms with Gasteiger partial charge in [0.1, 0.15) is 4.90 Å². The second-order valence-corrected chi connectivity index (χ2v) is 7.62. The highest BCUT2D eigenvalue weighted by molar-refractivity contribution is 7.90. The predicted octanol–water partition coefficient (Wildman–Crippen LogP) is 1.51. The SMILES string of the molecule is CCOc1ncccc1S(=O)(=O)NC(=O)c1ccc2c(c1)CCC(=O)N2C. The zero-order chi connectivity index (χ0) is 19.6. The Morgan fingerprint density at radius 3 is 2.81 bits per heavy atom. The molecule has 2 aromatic rings. The lowest BCUT2D eigenvalue weighted by molar-refractivity contribution is -0.118. The average molecular weight is 389 g/mol. The van der Waals surface area contributed by atoms with Gasteiger partial charge < -0.3 is 9.64 Å². The molecule has 142 valence electrons. The third kappa shape index (κ3) is 3.77. The molecule has 0 aliphatic carbocycles. The Bertz CT molecular complexity index is 1000. The number of nitrogens with one attached hydrogen (secondary N) is 1. The van der Waals surface area contributed by atoms with E-state index in [0.717, 1.165) is 11.3 Å². The number of ether oxygens (including phenoxy) is 1. The number of hydrogen-bond acceptors (Lipinski definition) is 6. The molecule has 0 bridgehead atoms. The Labute approximate surface area is 157 Å². The number of carbonyl (C=O) groups is 2. The average Bonchev–Trinajstić information content (AvgIpc) is 2.65. The van der Waals surface area contributed by atoms with E-state index in [-0.39, 0.29) is 28.9 Å². The molecule has 2 amide bonds. The number of nitrogens with zero attached hydrogens (tertiary/aromatic N) is 2. The van der Waals surface area contributed by atoms with Crippen LogP contribution in [0, 0.1) is 0 Å². The normalized spacial score (nSPS) is 13.9. The fourth-order valence-electron chi connectivity index (χ4n) is 2.86. The van der Waals surface area contributed by atoms with Crippen molar-refractivity contribution in [2.24, 2.45) is 0 Å². The maximum absolute atomic E-state index is 12.6. The van der Waals surface area contributed by atoms with Gasteiger partial charge in [0.25, 0.3) is 15.9 Å². The van der Waals surface area contributed by atoms with Gasteiger partial charge in [-0.2, -0.15) is 0 Å². The Hall–Kier alpha value is -2.94. The minimum absolute atomic E-state index is 0.00214. The van der Waals surface area contributed by atoms with Gasteiger partial charge in [-0.3, -0.25) is 9.59 Å². The number of fused-ring (bicyclic) bond motifs is 1. The van der Waals surface area contributed by atoms with E-state index in [1.54, 1.807) is 26.1 Å². The molecule has 1 aliphatic rings. The molecule has 0 unspecified atom stereocenters. The lowest BCUT2D eigenvalue weighted by Gasteiger charge is -2.26. The van der Waals surface area contributed by atoms with E-state index < -0.39 is 15.9 Å². The summed E-state index contributed by atoms with van der Waals surface area (Å²) in [6.07, 6.45) is 2.26. The number of aromatic nitrogens is 1. The van der Waals surface area contributed by atoms with Crippen LogP contribution < -0.4 is 14.4 Å². The van der Waals surface area contributed by atoms with Crippen molar-refractivity contribution in [3.05, 3.63) is 47.7 Å². The van der Waals surface area contributed by atoms with Crippen molar-refractivity contribution in [1.82, 2.24) is 9.71 Å². The molecule has 27 heavy (non-hydrogen) atoms. The first-order valence-corrected chi connectivity index (χ1v) is 9.86. The molecule has 1 N–H and O–H groups in total. The van der Waals surface area contributed by atoms with Crippen molar-refractivity contribution in [1.29, 1.82) is 0 Å². The summed E-state index contributed by atoms with van der Waals surface area (Å²) < 4.78 is 32.5. The second-order valence-electron chi connectivity index (χ2n) is 5.97. The highest BCUT2D eigenvalue weighted by Gasteiger charge is 2.26. The number of aryl methyl sites for hydroxylation is 1. The smallest absolute Gasteiger partial charge is 0.269 e. The van der Waals surface area contributed by atoms with Crippen molar-refractivity contribution in [2.45, 2.75) is 24.7 Å². The number of sulfonamides is 1. The van der Waals surface area contributed by atoms with E-state index in [9.17, 15) is 18.0 Å². The third-order valence-electron chi connectivity index (χ3n) is 4.22. The van der Waals surface area contributed by atoms with Crippen LogP contribution in [0.2, 0.25) is 0 Å². The van der Waals surface area contributed by atoms with Crippen molar-refractivity contribution >= 4 is 27.5 Å². The molecule has 8 nitrogen and oxygen atoms in total. The number of hydrogen-bond donors (Lipinski definition) is 1. The Morgan fingerprint density at radius 1 is 1.30 bits per heavy atom. The molecule has 0 fully saturated rings. The molecule has 0 radical (unpaired) electrons. The Morgan fingerprint density at radius 2 is 2.07 bits per heavy atom. The second kappa shape index (κ2) is 7.36. The summed E-state index contributed by atoms with van der Waals surface area (Å²) in [5.41, 5.74) is 1.73. The summed E-state index contributed by atoms with van der Waals surface area (Å²) in [6.45, 7) is 1.95. The van der Waals surface area contributed by atoms with E-state index in [1.807, 2.05) is 4.72 Å². The summed E-state index contributed by atoms with van der Waals surface area (Å²) in [5, 5.41) is 0. The maximum atomic E-state index is 12.6. The number of rotatable bonds is 5. The highest BCUT2D eigenvalue weighted by atomic mass is 32.2. The van der Waals surface area contributed by atoms with Crippen molar-refractivity contribution in [3.63, 3.8) is 0 Å². The quantitative estimate of drug-likeness (QED) is 0.831. The molecule has 0 spiro atoms. The molecule has 2 heterocycles. The number of benzene rings is 1. The zero-order valence-corrected chi connectivity index (χ0v) is 15.7. The minimum atomic E-state index is -4.15. The topological polar surface area (TPSA) is 106 Å². The van der Waals surface area contributed by atoms with Crippen molar-refractivity contribution < 1.29 is 22.7 Å². The van der Waals surface area contributed by atoms with Gasteiger partial charge in [-0.05, 0) is 49.2 Å². The maximum Gasteiger partial charge on any atom is 0.269 e.